The molecule has 3 fully saturated rings. The Kier molecular flexibility index (Phi) is 14.1. The predicted molar refractivity (Wildman–Crippen MR) is 244 cm³/mol. The van der Waals surface area contributed by atoms with E-state index in [2.05, 4.69) is 9.71 Å². The van der Waals surface area contributed by atoms with Gasteiger partial charge in [-0.05, 0) is 127 Å². The van der Waals surface area contributed by atoms with Gasteiger partial charge in [-0.25, -0.2) is 13.4 Å². The highest BCUT2D eigenvalue weighted by Crippen LogP contribution is 2.58. The molecule has 3 aromatic rings. The number of nitrogens with zero attached hydrogens (tertiary/aromatic N) is 3. The number of ketones is 1. The molecule has 1 saturated heterocycles. The molecule has 4 heterocycles. The third-order valence-corrected chi connectivity index (χ3v) is 16.0. The molecule has 1 aromatic carbocycles. The van der Waals surface area contributed by atoms with E-state index in [1.165, 1.54) is 4.90 Å². The van der Waals surface area contributed by atoms with Crippen molar-refractivity contribution in [2.75, 3.05) is 6.54 Å². The van der Waals surface area contributed by atoms with E-state index < -0.39 is 91.8 Å². The minimum atomic E-state index is -4.88. The second kappa shape index (κ2) is 19.0. The first-order chi connectivity index (χ1) is 31.4. The van der Waals surface area contributed by atoms with E-state index in [0.29, 0.717) is 55.0 Å². The molecule has 0 unspecified atom stereocenters. The fourth-order valence-electron chi connectivity index (χ4n) is 9.21. The van der Waals surface area contributed by atoms with Crippen LogP contribution in [-0.2, 0) is 33.9 Å². The van der Waals surface area contributed by atoms with Crippen molar-refractivity contribution in [2.45, 2.75) is 141 Å². The molecule has 1 N–H and O–H groups in total. The number of hydrogen-bond donors (Lipinski definition) is 1. The van der Waals surface area contributed by atoms with Gasteiger partial charge in [-0.1, -0.05) is 26.0 Å². The van der Waals surface area contributed by atoms with E-state index in [9.17, 15) is 36.0 Å². The van der Waals surface area contributed by atoms with E-state index in [4.69, 9.17) is 19.2 Å². The second-order valence-electron chi connectivity index (χ2n) is 20.1. The van der Waals surface area contributed by atoms with Crippen molar-refractivity contribution in [1.82, 2.24) is 19.6 Å². The molecule has 67 heavy (non-hydrogen) atoms. The minimum absolute atomic E-state index is 0.000836. The third kappa shape index (κ3) is 11.2. The average molecular weight is 951 g/mol. The van der Waals surface area contributed by atoms with Crippen LogP contribution in [0.5, 0.6) is 11.5 Å². The first-order valence-electron chi connectivity index (χ1n) is 23.1. The van der Waals surface area contributed by atoms with Gasteiger partial charge in [0.15, 0.2) is 5.78 Å². The summed E-state index contributed by atoms with van der Waals surface area (Å²) < 4.78 is 87.2. The number of fused-ring (bicyclic) bond motifs is 2. The number of rotatable bonds is 12. The third-order valence-electron chi connectivity index (χ3n) is 13.8. The first-order valence-corrected chi connectivity index (χ1v) is 24.6. The molecule has 0 spiro atoms. The van der Waals surface area contributed by atoms with Crippen LogP contribution in [0.15, 0.2) is 73.1 Å². The Morgan fingerprint density at radius 3 is 2.21 bits per heavy atom. The number of alkyl halides is 3. The maximum Gasteiger partial charge on any atom is 0.427 e. The molecular formula is C50H61F3N4O9S. The molecule has 7 rings (SSSR count). The van der Waals surface area contributed by atoms with E-state index in [0.717, 1.165) is 25.0 Å². The number of ether oxygens (including phenoxy) is 3. The number of carbonyl (C=O) groups is 4. The molecule has 17 heteroatoms. The van der Waals surface area contributed by atoms with Crippen LogP contribution >= 0.6 is 0 Å². The smallest absolute Gasteiger partial charge is 0.427 e. The second-order valence-corrected chi connectivity index (χ2v) is 22.3. The van der Waals surface area contributed by atoms with Gasteiger partial charge < -0.3 is 19.1 Å². The van der Waals surface area contributed by atoms with Gasteiger partial charge in [-0.3, -0.25) is 28.9 Å². The number of pyridine rings is 2. The lowest BCUT2D eigenvalue weighted by atomic mass is 9.82. The van der Waals surface area contributed by atoms with Crippen molar-refractivity contribution in [1.29, 1.82) is 0 Å². The standard InChI is InChI=1S/C50H61F3N4O9S/c1-30(2)64-36-14-12-33(13-15-36)40-23-37(24-41(55-40)34-16-20-54-21-17-34)65-38-25-42-43(58)28-49(46(61)56-67(62,63)48(7)18-19-48)27-35(49)11-9-8-10-31(3)22-32(4)39(45(60)57(42)29-38)26-44(59)66-47(5,6)50(51,52)53/h9,11-17,20-21,23-24,30-32,35,38-39,42H,8,10,18-19,22,25-29H2,1-7H3,(H,56,61)/b11-9-/t31-,32+,35+,38+,39-,42-,49+/m0/s1. The van der Waals surface area contributed by atoms with Crippen LogP contribution in [0.2, 0.25) is 0 Å². The number of esters is 1. The Balaban J connectivity index is 1.25. The van der Waals surface area contributed by atoms with Crippen molar-refractivity contribution in [3.63, 3.8) is 0 Å². The van der Waals surface area contributed by atoms with Crippen molar-refractivity contribution < 1.29 is 55.0 Å². The molecule has 362 valence electrons. The Morgan fingerprint density at radius 1 is 0.955 bits per heavy atom. The van der Waals surface area contributed by atoms with E-state index >= 15 is 4.79 Å². The van der Waals surface area contributed by atoms with Crippen LogP contribution in [-0.4, -0.2) is 88.2 Å². The number of hydrogen-bond acceptors (Lipinski definition) is 11. The zero-order valence-corrected chi connectivity index (χ0v) is 39.9. The lowest BCUT2D eigenvalue weighted by Crippen LogP contribution is -2.48. The molecule has 2 aliphatic heterocycles. The van der Waals surface area contributed by atoms with Gasteiger partial charge in [-0.2, -0.15) is 13.2 Å². The summed E-state index contributed by atoms with van der Waals surface area (Å²) in [6, 6.07) is 13.3. The maximum atomic E-state index is 15.1. The van der Waals surface area contributed by atoms with E-state index in [1.54, 1.807) is 50.5 Å². The monoisotopic (exact) mass is 950 g/mol. The number of allylic oxidation sites excluding steroid dienone is 2. The zero-order chi connectivity index (χ0) is 48.7. The minimum Gasteiger partial charge on any atom is -0.491 e. The highest BCUT2D eigenvalue weighted by Gasteiger charge is 2.63. The topological polar surface area (TPSA) is 171 Å². The highest BCUT2D eigenvalue weighted by molar-refractivity contribution is 7.91. The predicted octanol–water partition coefficient (Wildman–Crippen LogP) is 8.81. The number of aromatic nitrogens is 2. The number of Topliss-reactive ketones (excluding diaryl/α,β-unsaturated/α-hetero) is 1. The normalized spacial score (nSPS) is 27.2. The average Bonchev–Trinajstić information content (AvgIpc) is 4.14. The Morgan fingerprint density at radius 2 is 1.60 bits per heavy atom. The van der Waals surface area contributed by atoms with Crippen molar-refractivity contribution in [3.05, 3.63) is 73.1 Å². The molecule has 0 radical (unpaired) electrons. The molecule has 2 aliphatic carbocycles. The van der Waals surface area contributed by atoms with Crippen LogP contribution in [0.4, 0.5) is 13.2 Å². The van der Waals surface area contributed by atoms with Gasteiger partial charge in [-0.15, -0.1) is 0 Å². The maximum absolute atomic E-state index is 15.1. The fourth-order valence-corrected chi connectivity index (χ4v) is 10.5. The van der Waals surface area contributed by atoms with Gasteiger partial charge in [0.2, 0.25) is 27.4 Å². The van der Waals surface area contributed by atoms with Gasteiger partial charge >= 0.3 is 12.1 Å². The molecule has 13 nitrogen and oxygen atoms in total. The van der Waals surface area contributed by atoms with E-state index in [1.807, 2.05) is 57.2 Å². The molecule has 7 atom stereocenters. The molecular weight excluding hydrogens is 890 g/mol. The van der Waals surface area contributed by atoms with Crippen LogP contribution in [0.1, 0.15) is 106 Å². The van der Waals surface area contributed by atoms with Gasteiger partial charge in [0.25, 0.3) is 0 Å². The summed E-state index contributed by atoms with van der Waals surface area (Å²) in [5.74, 6) is -4.24. The fraction of sp³-hybridized carbons (Fsp3) is 0.560. The van der Waals surface area contributed by atoms with E-state index in [-0.39, 0.29) is 37.8 Å². The molecule has 2 saturated carbocycles. The summed E-state index contributed by atoms with van der Waals surface area (Å²) in [5.41, 5.74) is -1.63. The van der Waals surface area contributed by atoms with Crippen LogP contribution in [0.25, 0.3) is 22.5 Å². The summed E-state index contributed by atoms with van der Waals surface area (Å²) >= 11 is 0. The number of nitrogens with one attached hydrogen (secondary N) is 1. The lowest BCUT2D eigenvalue weighted by Gasteiger charge is -2.33. The molecule has 4 aliphatic rings. The quantitative estimate of drug-likeness (QED) is 0.136. The number of sulfonamides is 1. The summed E-state index contributed by atoms with van der Waals surface area (Å²) in [7, 11) is -4.06. The molecule has 0 bridgehead atoms. The van der Waals surface area contributed by atoms with Crippen molar-refractivity contribution >= 4 is 33.6 Å². The summed E-state index contributed by atoms with van der Waals surface area (Å²) in [6.07, 6.45) is 2.89. The molecule has 2 aromatic heterocycles. The lowest BCUT2D eigenvalue weighted by molar-refractivity contribution is -0.257. The van der Waals surface area contributed by atoms with Crippen molar-refractivity contribution in [3.8, 4) is 34.0 Å². The Bertz CT molecular complexity index is 2480. The van der Waals surface area contributed by atoms with Crippen LogP contribution in [0, 0.1) is 29.1 Å². The molecule has 2 amide bonds. The Hall–Kier alpha value is -5.32. The number of carbonyl (C=O) groups excluding carboxylic acids is 4. The Labute approximate surface area is 390 Å². The SMILES string of the molecule is CC(C)Oc1ccc(-c2cc(O[C@@H]3C[C@H]4C(=O)C[C@]5(C(=O)NS(=O)(=O)C6(C)CC6)C[C@H]5/C=C\CC[C@H](C)C[C@@H](C)[C@H](CC(=O)OC(C)(C)C(F)(F)F)C(=O)N4C3)cc(-c3ccncc3)n2)cc1. The summed E-state index contributed by atoms with van der Waals surface area (Å²) in [6.45, 7) is 10.5. The first kappa shape index (κ1) is 49.6. The number of amides is 2. The van der Waals surface area contributed by atoms with Crippen molar-refractivity contribution in [2.24, 2.45) is 29.1 Å². The van der Waals surface area contributed by atoms with Gasteiger partial charge in [0, 0.05) is 48.5 Å². The van der Waals surface area contributed by atoms with Crippen LogP contribution < -0.4 is 14.2 Å². The summed E-state index contributed by atoms with van der Waals surface area (Å²) in [4.78, 5) is 68.0. The number of benzene rings is 1. The summed E-state index contributed by atoms with van der Waals surface area (Å²) in [5, 5.41) is 0. The van der Waals surface area contributed by atoms with Gasteiger partial charge in [0.05, 0.1) is 52.6 Å². The number of halogens is 3. The zero-order valence-electron chi connectivity index (χ0n) is 39.1. The van der Waals surface area contributed by atoms with Crippen LogP contribution in [0.3, 0.4) is 0 Å². The largest absolute Gasteiger partial charge is 0.491 e. The highest BCUT2D eigenvalue weighted by atomic mass is 32.2. The van der Waals surface area contributed by atoms with Gasteiger partial charge in [0.1, 0.15) is 17.6 Å².